The molecular formula is C26H24ClNO6S. The Kier molecular flexibility index (Phi) is 7.05. The SMILES string of the molecule is COc1cccc(C2/C(=C(\O)c3cc(C)cc(Cl)c3OC)C(=O)C(=O)N2Cc2cccs2)c1OC. The summed E-state index contributed by atoms with van der Waals surface area (Å²) in [5.74, 6) is -0.924. The van der Waals surface area contributed by atoms with Gasteiger partial charge in [0, 0.05) is 10.4 Å². The van der Waals surface area contributed by atoms with Crippen LogP contribution < -0.4 is 14.2 Å². The Labute approximate surface area is 212 Å². The first-order valence-corrected chi connectivity index (χ1v) is 11.9. The summed E-state index contributed by atoms with van der Waals surface area (Å²) < 4.78 is 16.5. The molecular weight excluding hydrogens is 490 g/mol. The van der Waals surface area contributed by atoms with Crippen molar-refractivity contribution in [1.82, 2.24) is 4.90 Å². The summed E-state index contributed by atoms with van der Waals surface area (Å²) in [6.07, 6.45) is 0. The number of likely N-dealkylation sites (tertiary alicyclic amines) is 1. The summed E-state index contributed by atoms with van der Waals surface area (Å²) in [6.45, 7) is 1.98. The third kappa shape index (κ3) is 4.35. The van der Waals surface area contributed by atoms with Gasteiger partial charge in [-0.15, -0.1) is 11.3 Å². The first kappa shape index (κ1) is 24.6. The maximum absolute atomic E-state index is 13.4. The minimum Gasteiger partial charge on any atom is -0.507 e. The van der Waals surface area contributed by atoms with Crippen LogP contribution in [0, 0.1) is 6.92 Å². The fourth-order valence-electron chi connectivity index (χ4n) is 4.32. The van der Waals surface area contributed by atoms with Crippen molar-refractivity contribution in [2.45, 2.75) is 19.5 Å². The molecule has 1 amide bonds. The number of Topliss-reactive ketones (excluding diaryl/α,β-unsaturated/α-hetero) is 1. The van der Waals surface area contributed by atoms with Crippen LogP contribution >= 0.6 is 22.9 Å². The molecule has 3 aromatic rings. The number of methoxy groups -OCH3 is 3. The highest BCUT2D eigenvalue weighted by atomic mass is 35.5. The van der Waals surface area contributed by atoms with Crippen molar-refractivity contribution in [2.75, 3.05) is 21.3 Å². The molecule has 0 aliphatic carbocycles. The molecule has 1 aromatic heterocycles. The zero-order valence-electron chi connectivity index (χ0n) is 19.6. The second-order valence-corrected chi connectivity index (χ2v) is 9.36. The Morgan fingerprint density at radius 3 is 2.43 bits per heavy atom. The van der Waals surface area contributed by atoms with Crippen molar-refractivity contribution in [3.63, 3.8) is 0 Å². The quantitative estimate of drug-likeness (QED) is 0.260. The third-order valence-electron chi connectivity index (χ3n) is 5.82. The lowest BCUT2D eigenvalue weighted by Crippen LogP contribution is -2.29. The summed E-state index contributed by atoms with van der Waals surface area (Å²) in [5.41, 5.74) is 1.39. The van der Waals surface area contributed by atoms with Gasteiger partial charge in [0.2, 0.25) is 0 Å². The molecule has 1 N–H and O–H groups in total. The Balaban J connectivity index is 2.01. The predicted molar refractivity (Wildman–Crippen MR) is 134 cm³/mol. The van der Waals surface area contributed by atoms with Crippen molar-refractivity contribution in [2.24, 2.45) is 0 Å². The summed E-state index contributed by atoms with van der Waals surface area (Å²) in [6, 6.07) is 11.4. The van der Waals surface area contributed by atoms with E-state index in [0.29, 0.717) is 17.1 Å². The van der Waals surface area contributed by atoms with E-state index in [1.807, 2.05) is 17.5 Å². The topological polar surface area (TPSA) is 85.3 Å². The van der Waals surface area contributed by atoms with Crippen LogP contribution in [-0.4, -0.2) is 43.0 Å². The summed E-state index contributed by atoms with van der Waals surface area (Å²) in [4.78, 5) is 29.0. The number of aryl methyl sites for hydroxylation is 1. The first-order chi connectivity index (χ1) is 16.8. The fourth-order valence-corrected chi connectivity index (χ4v) is 5.38. The highest BCUT2D eigenvalue weighted by Gasteiger charge is 2.47. The number of ketones is 1. The van der Waals surface area contributed by atoms with Crippen molar-refractivity contribution in [1.29, 1.82) is 0 Å². The number of hydrogen-bond donors (Lipinski definition) is 1. The van der Waals surface area contributed by atoms with Gasteiger partial charge in [0.1, 0.15) is 11.5 Å². The van der Waals surface area contributed by atoms with Gasteiger partial charge in [0.15, 0.2) is 11.5 Å². The van der Waals surface area contributed by atoms with E-state index in [1.165, 1.54) is 37.6 Å². The van der Waals surface area contributed by atoms with Crippen molar-refractivity contribution < 1.29 is 28.9 Å². The first-order valence-electron chi connectivity index (χ1n) is 10.7. The average molecular weight is 514 g/mol. The lowest BCUT2D eigenvalue weighted by atomic mass is 9.93. The van der Waals surface area contributed by atoms with Crippen molar-refractivity contribution in [3.05, 3.63) is 80.0 Å². The molecule has 0 radical (unpaired) electrons. The number of amides is 1. The monoisotopic (exact) mass is 513 g/mol. The Morgan fingerprint density at radius 2 is 1.80 bits per heavy atom. The largest absolute Gasteiger partial charge is 0.507 e. The summed E-state index contributed by atoms with van der Waals surface area (Å²) in [5, 5.41) is 13.7. The number of ether oxygens (including phenoxy) is 3. The number of aliphatic hydroxyl groups excluding tert-OH is 1. The van der Waals surface area contributed by atoms with Gasteiger partial charge in [-0.05, 0) is 42.1 Å². The molecule has 1 fully saturated rings. The number of halogens is 1. The minimum absolute atomic E-state index is 0.0851. The Hall–Kier alpha value is -3.49. The molecule has 9 heteroatoms. The van der Waals surface area contributed by atoms with E-state index in [2.05, 4.69) is 0 Å². The summed E-state index contributed by atoms with van der Waals surface area (Å²) >= 11 is 7.83. The van der Waals surface area contributed by atoms with E-state index >= 15 is 0 Å². The molecule has 1 unspecified atom stereocenters. The second kappa shape index (κ2) is 10.0. The van der Waals surface area contributed by atoms with Crippen LogP contribution in [0.3, 0.4) is 0 Å². The van der Waals surface area contributed by atoms with Crippen LogP contribution in [0.1, 0.15) is 27.6 Å². The van der Waals surface area contributed by atoms with Gasteiger partial charge in [0.05, 0.1) is 50.1 Å². The van der Waals surface area contributed by atoms with Gasteiger partial charge in [-0.25, -0.2) is 0 Å². The molecule has 0 bridgehead atoms. The maximum atomic E-state index is 13.4. The molecule has 2 aromatic carbocycles. The van der Waals surface area contributed by atoms with Crippen LogP contribution in [-0.2, 0) is 16.1 Å². The molecule has 1 atom stereocenters. The molecule has 0 saturated carbocycles. The number of thiophene rings is 1. The zero-order chi connectivity index (χ0) is 25.3. The Morgan fingerprint density at radius 1 is 1.06 bits per heavy atom. The molecule has 1 aliphatic rings. The lowest BCUT2D eigenvalue weighted by molar-refractivity contribution is -0.140. The molecule has 2 heterocycles. The number of benzene rings is 2. The zero-order valence-corrected chi connectivity index (χ0v) is 21.2. The molecule has 0 spiro atoms. The van der Waals surface area contributed by atoms with E-state index in [-0.39, 0.29) is 34.2 Å². The number of aliphatic hydroxyl groups is 1. The average Bonchev–Trinajstić information content (AvgIpc) is 3.45. The number of rotatable bonds is 7. The third-order valence-corrected chi connectivity index (χ3v) is 6.96. The summed E-state index contributed by atoms with van der Waals surface area (Å²) in [7, 11) is 4.41. The highest BCUT2D eigenvalue weighted by molar-refractivity contribution is 7.09. The van der Waals surface area contributed by atoms with E-state index in [9.17, 15) is 14.7 Å². The van der Waals surface area contributed by atoms with Gasteiger partial charge in [-0.3, -0.25) is 9.59 Å². The van der Waals surface area contributed by atoms with Gasteiger partial charge in [0.25, 0.3) is 11.7 Å². The van der Waals surface area contributed by atoms with Crippen molar-refractivity contribution >= 4 is 40.4 Å². The fraction of sp³-hybridized carbons (Fsp3) is 0.231. The predicted octanol–water partition coefficient (Wildman–Crippen LogP) is 5.36. The number of carbonyl (C=O) groups is 2. The molecule has 1 saturated heterocycles. The van der Waals surface area contributed by atoms with Gasteiger partial charge in [-0.1, -0.05) is 29.8 Å². The van der Waals surface area contributed by atoms with Crippen LogP contribution in [0.25, 0.3) is 5.76 Å². The van der Waals surface area contributed by atoms with E-state index in [1.54, 1.807) is 37.3 Å². The highest BCUT2D eigenvalue weighted by Crippen LogP contribution is 2.47. The number of para-hydroxylation sites is 1. The van der Waals surface area contributed by atoms with Crippen LogP contribution in [0.5, 0.6) is 17.2 Å². The van der Waals surface area contributed by atoms with Crippen LogP contribution in [0.2, 0.25) is 5.02 Å². The van der Waals surface area contributed by atoms with E-state index in [0.717, 1.165) is 10.4 Å². The lowest BCUT2D eigenvalue weighted by Gasteiger charge is -2.27. The molecule has 182 valence electrons. The number of nitrogens with zero attached hydrogens (tertiary/aromatic N) is 1. The number of carbonyl (C=O) groups excluding carboxylic acids is 2. The molecule has 4 rings (SSSR count). The maximum Gasteiger partial charge on any atom is 0.295 e. The molecule has 1 aliphatic heterocycles. The molecule has 35 heavy (non-hydrogen) atoms. The Bertz CT molecular complexity index is 1320. The van der Waals surface area contributed by atoms with Crippen molar-refractivity contribution in [3.8, 4) is 17.2 Å². The minimum atomic E-state index is -0.939. The normalized spacial score (nSPS) is 17.1. The van der Waals surface area contributed by atoms with Crippen LogP contribution in [0.4, 0.5) is 0 Å². The smallest absolute Gasteiger partial charge is 0.295 e. The van der Waals surface area contributed by atoms with E-state index in [4.69, 9.17) is 25.8 Å². The van der Waals surface area contributed by atoms with Gasteiger partial charge in [-0.2, -0.15) is 0 Å². The van der Waals surface area contributed by atoms with Crippen LogP contribution in [0.15, 0.2) is 53.4 Å². The molecule has 7 nitrogen and oxygen atoms in total. The van der Waals surface area contributed by atoms with E-state index < -0.39 is 17.7 Å². The standard InChI is InChI=1S/C26H24ClNO6S/c1-14-11-17(24(33-3)18(27)12-14)22(29)20-21(16-8-5-9-19(32-2)25(16)34-4)28(26(31)23(20)30)13-15-7-6-10-35-15/h5-12,21,29H,13H2,1-4H3/b22-20+. The number of hydrogen-bond acceptors (Lipinski definition) is 7. The van der Waals surface area contributed by atoms with Gasteiger partial charge >= 0.3 is 0 Å². The second-order valence-electron chi connectivity index (χ2n) is 7.92. The van der Waals surface area contributed by atoms with Gasteiger partial charge < -0.3 is 24.2 Å².